The number of fused-ring (bicyclic) bond motifs is 1. The number of hydrogen-bond acceptors (Lipinski definition) is 5. The average molecular weight is 383 g/mol. The van der Waals surface area contributed by atoms with Crippen LogP contribution in [-0.4, -0.2) is 9.91 Å². The predicted octanol–water partition coefficient (Wildman–Crippen LogP) is 4.33. The second-order valence-corrected chi connectivity index (χ2v) is 6.20. The van der Waals surface area contributed by atoms with E-state index in [0.717, 1.165) is 10.0 Å². The summed E-state index contributed by atoms with van der Waals surface area (Å²) in [4.78, 5) is 15.0. The van der Waals surface area contributed by atoms with Gasteiger partial charge in [0.1, 0.15) is 17.5 Å². The van der Waals surface area contributed by atoms with Crippen LogP contribution >= 0.6 is 15.9 Å². The van der Waals surface area contributed by atoms with E-state index >= 15 is 0 Å². The highest BCUT2D eigenvalue weighted by molar-refractivity contribution is 9.10. The Hall–Kier alpha value is -2.98. The zero-order chi connectivity index (χ0) is 17.4. The smallest absolute Gasteiger partial charge is 0.270 e. The third-order valence-corrected chi connectivity index (χ3v) is 4.22. The molecule has 7 heteroatoms. The van der Waals surface area contributed by atoms with Crippen LogP contribution in [0.3, 0.4) is 0 Å². The van der Waals surface area contributed by atoms with Crippen LogP contribution in [0.15, 0.2) is 40.9 Å². The number of nitrogens with two attached hydrogens (primary N) is 1. The molecule has 0 aliphatic carbocycles. The molecule has 0 saturated carbocycles. The van der Waals surface area contributed by atoms with Crippen molar-refractivity contribution in [3.63, 3.8) is 0 Å². The molecular weight excluding hydrogens is 372 g/mol. The Labute approximate surface area is 145 Å². The minimum atomic E-state index is -0.459. The normalized spacial score (nSPS) is 10.5. The first-order chi connectivity index (χ1) is 11.4. The van der Waals surface area contributed by atoms with Gasteiger partial charge in [0, 0.05) is 27.6 Å². The average Bonchev–Trinajstić information content (AvgIpc) is 2.54. The van der Waals surface area contributed by atoms with Gasteiger partial charge in [-0.3, -0.25) is 10.1 Å². The number of nitro groups is 1. The van der Waals surface area contributed by atoms with Gasteiger partial charge in [0.25, 0.3) is 5.69 Å². The van der Waals surface area contributed by atoms with Crippen LogP contribution in [0.1, 0.15) is 11.1 Å². The molecule has 3 rings (SSSR count). The van der Waals surface area contributed by atoms with E-state index in [2.05, 4.69) is 27.0 Å². The largest absolute Gasteiger partial charge is 0.383 e. The van der Waals surface area contributed by atoms with E-state index in [-0.39, 0.29) is 17.1 Å². The Kier molecular flexibility index (Phi) is 3.91. The maximum absolute atomic E-state index is 11.2. The highest BCUT2D eigenvalue weighted by Gasteiger charge is 2.19. The zero-order valence-corrected chi connectivity index (χ0v) is 14.2. The first-order valence-corrected chi connectivity index (χ1v) is 7.76. The highest BCUT2D eigenvalue weighted by atomic mass is 79.9. The van der Waals surface area contributed by atoms with Crippen LogP contribution in [-0.2, 0) is 0 Å². The molecular formula is C17H11BrN4O2. The van der Waals surface area contributed by atoms with E-state index in [1.807, 2.05) is 24.3 Å². The fourth-order valence-corrected chi connectivity index (χ4v) is 3.10. The Morgan fingerprint density at radius 2 is 2.08 bits per heavy atom. The van der Waals surface area contributed by atoms with E-state index < -0.39 is 4.92 Å². The lowest BCUT2D eigenvalue weighted by Crippen LogP contribution is -2.01. The lowest BCUT2D eigenvalue weighted by atomic mass is 9.94. The lowest BCUT2D eigenvalue weighted by Gasteiger charge is -2.13. The van der Waals surface area contributed by atoms with Gasteiger partial charge in [-0.05, 0) is 30.2 Å². The minimum Gasteiger partial charge on any atom is -0.383 e. The van der Waals surface area contributed by atoms with E-state index in [9.17, 15) is 15.4 Å². The molecule has 3 aromatic rings. The molecule has 118 valence electrons. The van der Waals surface area contributed by atoms with Crippen LogP contribution in [0.5, 0.6) is 0 Å². The zero-order valence-electron chi connectivity index (χ0n) is 12.6. The molecule has 2 aromatic carbocycles. The van der Waals surface area contributed by atoms with E-state index in [4.69, 9.17) is 5.73 Å². The number of anilines is 1. The summed E-state index contributed by atoms with van der Waals surface area (Å²) >= 11 is 3.40. The van der Waals surface area contributed by atoms with Crippen LogP contribution in [0, 0.1) is 28.4 Å². The number of benzene rings is 2. The van der Waals surface area contributed by atoms with Crippen molar-refractivity contribution in [3.05, 3.63) is 62.1 Å². The van der Waals surface area contributed by atoms with Crippen LogP contribution in [0.4, 0.5) is 11.5 Å². The summed E-state index contributed by atoms with van der Waals surface area (Å²) in [6.07, 6.45) is 0. The number of aryl methyl sites for hydroxylation is 1. The van der Waals surface area contributed by atoms with Gasteiger partial charge in [0.2, 0.25) is 0 Å². The molecule has 0 bridgehead atoms. The summed E-state index contributed by atoms with van der Waals surface area (Å²) in [7, 11) is 0. The van der Waals surface area contributed by atoms with Gasteiger partial charge in [-0.15, -0.1) is 0 Å². The second-order valence-electron chi connectivity index (χ2n) is 5.29. The van der Waals surface area contributed by atoms with Crippen LogP contribution < -0.4 is 5.73 Å². The van der Waals surface area contributed by atoms with Gasteiger partial charge in [0.05, 0.1) is 10.4 Å². The van der Waals surface area contributed by atoms with Gasteiger partial charge in [0.15, 0.2) is 0 Å². The number of nitrogens with zero attached hydrogens (tertiary/aromatic N) is 3. The molecule has 0 atom stereocenters. The molecule has 2 N–H and O–H groups in total. The predicted molar refractivity (Wildman–Crippen MR) is 95.4 cm³/mol. The quantitative estimate of drug-likeness (QED) is 0.524. The number of aromatic nitrogens is 1. The van der Waals surface area contributed by atoms with Crippen molar-refractivity contribution in [2.45, 2.75) is 6.92 Å². The van der Waals surface area contributed by atoms with Crippen molar-refractivity contribution in [2.75, 3.05) is 5.73 Å². The fraction of sp³-hybridized carbons (Fsp3) is 0.0588. The SMILES string of the molecule is Cc1cc([N+](=O)[O-])cc2c(-c3cccc(Br)c3)c(C#N)c(N)nc12. The number of halogens is 1. The third-order valence-electron chi connectivity index (χ3n) is 3.73. The van der Waals surface area contributed by atoms with Gasteiger partial charge < -0.3 is 5.73 Å². The number of pyridine rings is 1. The summed E-state index contributed by atoms with van der Waals surface area (Å²) in [5, 5.41) is 21.3. The maximum Gasteiger partial charge on any atom is 0.270 e. The summed E-state index contributed by atoms with van der Waals surface area (Å²) in [6.45, 7) is 1.73. The number of nitro benzene ring substituents is 1. The number of non-ortho nitro benzene ring substituents is 1. The Morgan fingerprint density at radius 3 is 2.71 bits per heavy atom. The van der Waals surface area contributed by atoms with Crippen LogP contribution in [0.2, 0.25) is 0 Å². The molecule has 0 unspecified atom stereocenters. The molecule has 0 saturated heterocycles. The molecule has 0 aliphatic heterocycles. The van der Waals surface area contributed by atoms with E-state index in [0.29, 0.717) is 22.0 Å². The van der Waals surface area contributed by atoms with Crippen molar-refractivity contribution in [2.24, 2.45) is 0 Å². The summed E-state index contributed by atoms with van der Waals surface area (Å²) in [5.41, 5.74) is 8.58. The van der Waals surface area contributed by atoms with Crippen molar-refractivity contribution in [3.8, 4) is 17.2 Å². The third kappa shape index (κ3) is 2.57. The van der Waals surface area contributed by atoms with Crippen LogP contribution in [0.25, 0.3) is 22.0 Å². The van der Waals surface area contributed by atoms with Crippen molar-refractivity contribution >= 4 is 38.3 Å². The topological polar surface area (TPSA) is 106 Å². The molecule has 0 fully saturated rings. The maximum atomic E-state index is 11.2. The van der Waals surface area contributed by atoms with Gasteiger partial charge in [-0.2, -0.15) is 5.26 Å². The lowest BCUT2D eigenvalue weighted by molar-refractivity contribution is -0.384. The summed E-state index contributed by atoms with van der Waals surface area (Å²) in [6, 6.07) is 12.3. The highest BCUT2D eigenvalue weighted by Crippen LogP contribution is 2.37. The standard InChI is InChI=1S/C17H11BrN4O2/c1-9-5-12(22(23)24)7-13-15(10-3-2-4-11(18)6-10)14(8-19)17(20)21-16(9)13/h2-7H,1H3,(H2,20,21). The molecule has 1 heterocycles. The molecule has 24 heavy (non-hydrogen) atoms. The fourth-order valence-electron chi connectivity index (χ4n) is 2.70. The van der Waals surface area contributed by atoms with Gasteiger partial charge >= 0.3 is 0 Å². The first kappa shape index (κ1) is 15.9. The van der Waals surface area contributed by atoms with Gasteiger partial charge in [-0.25, -0.2) is 4.98 Å². The summed E-state index contributed by atoms with van der Waals surface area (Å²) in [5.74, 6) is 0.108. The first-order valence-electron chi connectivity index (χ1n) is 6.96. The molecule has 6 nitrogen and oxygen atoms in total. The molecule has 0 amide bonds. The Bertz CT molecular complexity index is 1040. The number of hydrogen-bond donors (Lipinski definition) is 1. The minimum absolute atomic E-state index is 0.0493. The number of rotatable bonds is 2. The number of nitriles is 1. The molecule has 0 spiro atoms. The van der Waals surface area contributed by atoms with E-state index in [1.165, 1.54) is 12.1 Å². The molecule has 1 aromatic heterocycles. The van der Waals surface area contributed by atoms with E-state index in [1.54, 1.807) is 6.92 Å². The summed E-state index contributed by atoms with van der Waals surface area (Å²) < 4.78 is 0.828. The number of nitrogen functional groups attached to an aromatic ring is 1. The van der Waals surface area contributed by atoms with Crippen molar-refractivity contribution < 1.29 is 4.92 Å². The Morgan fingerprint density at radius 1 is 1.33 bits per heavy atom. The van der Waals surface area contributed by atoms with Gasteiger partial charge in [-0.1, -0.05) is 28.1 Å². The Balaban J connectivity index is 2.53. The second kappa shape index (κ2) is 5.91. The van der Waals surface area contributed by atoms with Crippen molar-refractivity contribution in [1.82, 2.24) is 4.98 Å². The van der Waals surface area contributed by atoms with Crippen molar-refractivity contribution in [1.29, 1.82) is 5.26 Å². The monoisotopic (exact) mass is 382 g/mol. The molecule has 0 radical (unpaired) electrons. The molecule has 0 aliphatic rings.